The van der Waals surface area contributed by atoms with Gasteiger partial charge in [0.15, 0.2) is 0 Å². The number of rotatable bonds is 6. The Kier molecular flexibility index (Phi) is 4.83. The molecule has 0 aliphatic heterocycles. The second-order valence-corrected chi connectivity index (χ2v) is 5.97. The molecule has 0 saturated heterocycles. The quantitative estimate of drug-likeness (QED) is 0.804. The first-order valence-corrected chi connectivity index (χ1v) is 7.64. The van der Waals surface area contributed by atoms with Crippen molar-refractivity contribution in [2.45, 2.75) is 51.9 Å². The molecule has 0 radical (unpaired) electrons. The molecule has 2 unspecified atom stereocenters. The van der Waals surface area contributed by atoms with Crippen molar-refractivity contribution in [2.24, 2.45) is 17.8 Å². The monoisotopic (exact) mass is 267 g/mol. The predicted molar refractivity (Wildman–Crippen MR) is 72.7 cm³/mol. The molecule has 0 aromatic rings. The molecular formula is C15H25NO3. The summed E-state index contributed by atoms with van der Waals surface area (Å²) in [7, 11) is 0. The lowest BCUT2D eigenvalue weighted by Gasteiger charge is -2.23. The van der Waals surface area contributed by atoms with E-state index in [1.54, 1.807) is 4.90 Å². The second-order valence-electron chi connectivity index (χ2n) is 5.97. The highest BCUT2D eigenvalue weighted by Gasteiger charge is 2.48. The highest BCUT2D eigenvalue weighted by atomic mass is 16.4. The molecule has 1 N–H and O–H groups in total. The van der Waals surface area contributed by atoms with Crippen LogP contribution in [0.25, 0.3) is 0 Å². The van der Waals surface area contributed by atoms with E-state index in [9.17, 15) is 9.59 Å². The van der Waals surface area contributed by atoms with Crippen LogP contribution in [0.5, 0.6) is 0 Å². The van der Waals surface area contributed by atoms with Gasteiger partial charge in [0, 0.05) is 19.0 Å². The second kappa shape index (κ2) is 6.40. The normalized spacial score (nSPS) is 27.0. The lowest BCUT2D eigenvalue weighted by Crippen LogP contribution is -2.34. The Morgan fingerprint density at radius 1 is 1.21 bits per heavy atom. The van der Waals surface area contributed by atoms with Crippen molar-refractivity contribution in [1.82, 2.24) is 4.90 Å². The van der Waals surface area contributed by atoms with Gasteiger partial charge in [-0.05, 0) is 25.2 Å². The van der Waals surface area contributed by atoms with E-state index in [0.717, 1.165) is 12.3 Å². The summed E-state index contributed by atoms with van der Waals surface area (Å²) in [6, 6.07) is 0. The number of aliphatic carboxylic acids is 1. The first-order chi connectivity index (χ1) is 9.13. The van der Waals surface area contributed by atoms with Crippen LogP contribution in [0, 0.1) is 17.8 Å². The zero-order valence-electron chi connectivity index (χ0n) is 11.8. The molecule has 0 heterocycles. The van der Waals surface area contributed by atoms with Crippen molar-refractivity contribution in [3.05, 3.63) is 0 Å². The predicted octanol–water partition coefficient (Wildman–Crippen LogP) is 2.53. The molecule has 0 spiro atoms. The van der Waals surface area contributed by atoms with Crippen LogP contribution in [-0.4, -0.2) is 35.0 Å². The van der Waals surface area contributed by atoms with Crippen LogP contribution >= 0.6 is 0 Å². The first kappa shape index (κ1) is 14.4. The molecule has 0 aromatic carbocycles. The van der Waals surface area contributed by atoms with Crippen LogP contribution in [0.2, 0.25) is 0 Å². The number of nitrogens with zero attached hydrogens (tertiary/aromatic N) is 1. The summed E-state index contributed by atoms with van der Waals surface area (Å²) < 4.78 is 0. The van der Waals surface area contributed by atoms with Gasteiger partial charge in [-0.1, -0.05) is 32.1 Å². The Balaban J connectivity index is 1.81. The average Bonchev–Trinajstić information content (AvgIpc) is 3.20. The summed E-state index contributed by atoms with van der Waals surface area (Å²) in [5.41, 5.74) is 0. The Hall–Kier alpha value is -1.06. The van der Waals surface area contributed by atoms with Gasteiger partial charge in [-0.3, -0.25) is 9.59 Å². The number of carbonyl (C=O) groups is 2. The van der Waals surface area contributed by atoms with Crippen molar-refractivity contribution in [2.75, 3.05) is 13.1 Å². The lowest BCUT2D eigenvalue weighted by molar-refractivity contribution is -0.138. The van der Waals surface area contributed by atoms with Crippen LogP contribution < -0.4 is 0 Å². The number of hydrogen-bond acceptors (Lipinski definition) is 2. The minimum atomic E-state index is -0.828. The van der Waals surface area contributed by atoms with Crippen molar-refractivity contribution in [3.63, 3.8) is 0 Å². The van der Waals surface area contributed by atoms with E-state index in [2.05, 4.69) is 0 Å². The average molecular weight is 267 g/mol. The van der Waals surface area contributed by atoms with E-state index in [1.165, 1.54) is 32.1 Å². The number of carboxylic acids is 1. The van der Waals surface area contributed by atoms with Gasteiger partial charge in [0.2, 0.25) is 5.91 Å². The van der Waals surface area contributed by atoms with E-state index < -0.39 is 5.97 Å². The Bertz CT molecular complexity index is 336. The van der Waals surface area contributed by atoms with E-state index >= 15 is 0 Å². The molecule has 2 aliphatic rings. The van der Waals surface area contributed by atoms with Crippen LogP contribution in [0.15, 0.2) is 0 Å². The van der Waals surface area contributed by atoms with Gasteiger partial charge in [0.25, 0.3) is 0 Å². The molecule has 2 rings (SSSR count). The largest absolute Gasteiger partial charge is 0.481 e. The van der Waals surface area contributed by atoms with Crippen molar-refractivity contribution >= 4 is 11.9 Å². The molecule has 4 heteroatoms. The molecule has 108 valence electrons. The van der Waals surface area contributed by atoms with Gasteiger partial charge in [0.1, 0.15) is 0 Å². The summed E-state index contributed by atoms with van der Waals surface area (Å²) in [6.07, 6.45) is 7.65. The SMILES string of the molecule is CCN(CCC(=O)O)C(=O)C1CC1C1CCCCC1. The highest BCUT2D eigenvalue weighted by molar-refractivity contribution is 5.82. The molecule has 2 saturated carbocycles. The van der Waals surface area contributed by atoms with Gasteiger partial charge >= 0.3 is 5.97 Å². The fourth-order valence-corrected chi connectivity index (χ4v) is 3.47. The van der Waals surface area contributed by atoms with Gasteiger partial charge in [0.05, 0.1) is 6.42 Å². The number of carboxylic acid groups (broad SMARTS) is 1. The fourth-order valence-electron chi connectivity index (χ4n) is 3.47. The molecule has 19 heavy (non-hydrogen) atoms. The third kappa shape index (κ3) is 3.71. The van der Waals surface area contributed by atoms with Crippen LogP contribution in [0.4, 0.5) is 0 Å². The van der Waals surface area contributed by atoms with E-state index in [-0.39, 0.29) is 18.2 Å². The summed E-state index contributed by atoms with van der Waals surface area (Å²) in [5.74, 6) is 0.898. The first-order valence-electron chi connectivity index (χ1n) is 7.64. The van der Waals surface area contributed by atoms with Gasteiger partial charge in [-0.2, -0.15) is 0 Å². The van der Waals surface area contributed by atoms with Crippen molar-refractivity contribution < 1.29 is 14.7 Å². The van der Waals surface area contributed by atoms with Gasteiger partial charge in [-0.15, -0.1) is 0 Å². The smallest absolute Gasteiger partial charge is 0.305 e. The molecule has 2 aliphatic carbocycles. The van der Waals surface area contributed by atoms with E-state index in [1.807, 2.05) is 6.92 Å². The van der Waals surface area contributed by atoms with Crippen LogP contribution in [-0.2, 0) is 9.59 Å². The van der Waals surface area contributed by atoms with Crippen molar-refractivity contribution in [3.8, 4) is 0 Å². The highest BCUT2D eigenvalue weighted by Crippen LogP contribution is 2.50. The van der Waals surface area contributed by atoms with Crippen molar-refractivity contribution in [1.29, 1.82) is 0 Å². The Morgan fingerprint density at radius 3 is 2.47 bits per heavy atom. The van der Waals surface area contributed by atoms with E-state index in [4.69, 9.17) is 5.11 Å². The number of carbonyl (C=O) groups excluding carboxylic acids is 1. The summed E-state index contributed by atoms with van der Waals surface area (Å²) in [4.78, 5) is 24.7. The maximum absolute atomic E-state index is 12.3. The maximum atomic E-state index is 12.3. The van der Waals surface area contributed by atoms with Crippen LogP contribution in [0.3, 0.4) is 0 Å². The van der Waals surface area contributed by atoms with Gasteiger partial charge in [-0.25, -0.2) is 0 Å². The summed E-state index contributed by atoms with van der Waals surface area (Å²) >= 11 is 0. The maximum Gasteiger partial charge on any atom is 0.305 e. The van der Waals surface area contributed by atoms with E-state index in [0.29, 0.717) is 19.0 Å². The number of hydrogen-bond donors (Lipinski definition) is 1. The third-order valence-corrected chi connectivity index (χ3v) is 4.70. The van der Waals surface area contributed by atoms with Gasteiger partial charge < -0.3 is 10.0 Å². The molecule has 0 aromatic heterocycles. The minimum absolute atomic E-state index is 0.0559. The lowest BCUT2D eigenvalue weighted by atomic mass is 9.85. The molecule has 2 fully saturated rings. The third-order valence-electron chi connectivity index (χ3n) is 4.70. The zero-order chi connectivity index (χ0) is 13.8. The summed E-state index contributed by atoms with van der Waals surface area (Å²) in [6.45, 7) is 2.91. The molecular weight excluding hydrogens is 242 g/mol. The Labute approximate surface area is 115 Å². The minimum Gasteiger partial charge on any atom is -0.481 e. The molecule has 1 amide bonds. The molecule has 4 nitrogen and oxygen atoms in total. The molecule has 2 atom stereocenters. The van der Waals surface area contributed by atoms with Crippen LogP contribution in [0.1, 0.15) is 51.9 Å². The zero-order valence-corrected chi connectivity index (χ0v) is 11.8. The summed E-state index contributed by atoms with van der Waals surface area (Å²) in [5, 5.41) is 8.71. The Morgan fingerprint density at radius 2 is 1.89 bits per heavy atom. The fraction of sp³-hybridized carbons (Fsp3) is 0.867. The molecule has 0 bridgehead atoms. The number of amides is 1. The standard InChI is InChI=1S/C15H25NO3/c1-2-16(9-8-14(17)18)15(19)13-10-12(13)11-6-4-3-5-7-11/h11-13H,2-10H2,1H3,(H,17,18). The topological polar surface area (TPSA) is 57.6 Å².